The van der Waals surface area contributed by atoms with Gasteiger partial charge < -0.3 is 23.7 Å². The Morgan fingerprint density at radius 1 is 0.538 bits per heavy atom. The summed E-state index contributed by atoms with van der Waals surface area (Å²) in [6.45, 7) is 13.0. The second-order valence-electron chi connectivity index (χ2n) is 14.7. The van der Waals surface area contributed by atoms with Gasteiger partial charge in [0.2, 0.25) is 11.6 Å². The molecule has 0 aromatic rings. The molecule has 9 heteroatoms. The Bertz CT molecular complexity index is 919. The Morgan fingerprint density at radius 3 is 1.41 bits per heavy atom. The van der Waals surface area contributed by atoms with E-state index in [9.17, 15) is 0 Å². The van der Waals surface area contributed by atoms with Crippen molar-refractivity contribution in [1.82, 2.24) is 0 Å². The van der Waals surface area contributed by atoms with E-state index < -0.39 is 47.9 Å². The highest BCUT2D eigenvalue weighted by molar-refractivity contribution is 5.11. The van der Waals surface area contributed by atoms with Crippen LogP contribution in [0.2, 0.25) is 0 Å². The maximum absolute atomic E-state index is 6.85. The molecule has 8 heterocycles. The molecule has 8 aliphatic heterocycles. The average Bonchev–Trinajstić information content (AvgIpc) is 3.27. The molecule has 8 saturated heterocycles. The highest BCUT2D eigenvalue weighted by atomic mass is 17.3. The van der Waals surface area contributed by atoms with Crippen LogP contribution in [0, 0.1) is 47.3 Å². The summed E-state index contributed by atoms with van der Waals surface area (Å²) >= 11 is 0. The number of fused-ring (bicyclic) bond motifs is 4. The van der Waals surface area contributed by atoms with Gasteiger partial charge in [-0.05, 0) is 76.0 Å². The van der Waals surface area contributed by atoms with Gasteiger partial charge >= 0.3 is 0 Å². The molecule has 2 spiro atoms. The second-order valence-corrected chi connectivity index (χ2v) is 14.7. The van der Waals surface area contributed by atoms with Crippen LogP contribution >= 0.6 is 0 Å². The lowest BCUT2D eigenvalue weighted by Gasteiger charge is -2.62. The summed E-state index contributed by atoms with van der Waals surface area (Å²) < 4.78 is 33.4. The van der Waals surface area contributed by atoms with E-state index >= 15 is 0 Å². The molecule has 0 N–H and O–H groups in total. The minimum Gasteiger partial charge on any atom is -0.323 e. The predicted octanol–water partition coefficient (Wildman–Crippen LogP) is 5.42. The van der Waals surface area contributed by atoms with Crippen LogP contribution in [0.3, 0.4) is 0 Å². The maximum Gasteiger partial charge on any atom is 0.201 e. The van der Waals surface area contributed by atoms with Gasteiger partial charge in [-0.3, -0.25) is 0 Å². The standard InChI is InChI=1S/C30H46O9/c1-15-7-9-21-17(3)23(32-25-29(21)19(15)11-13-27(5,34-25)36-38-29)31-24-18(4)22-10-8-16(2)20-12-14-28(6)35-26(33-24)30(20,22)39-37-28/h15-26H,7-14H2,1-6H3/t15-,16-,17-,18-,19+,20+,21+,22+,23-,24+,25+,26+,27-,28-,29-,30-/m1/s1. The maximum atomic E-state index is 6.85. The van der Waals surface area contributed by atoms with Gasteiger partial charge in [-0.2, -0.15) is 0 Å². The average molecular weight is 551 g/mol. The van der Waals surface area contributed by atoms with Gasteiger partial charge in [0.1, 0.15) is 0 Å². The van der Waals surface area contributed by atoms with Crippen molar-refractivity contribution in [3.63, 3.8) is 0 Å². The van der Waals surface area contributed by atoms with E-state index in [4.69, 9.17) is 43.2 Å². The number of ether oxygens (including phenoxy) is 5. The van der Waals surface area contributed by atoms with E-state index in [1.54, 1.807) is 0 Å². The van der Waals surface area contributed by atoms with Crippen LogP contribution < -0.4 is 0 Å². The van der Waals surface area contributed by atoms with Crippen molar-refractivity contribution in [1.29, 1.82) is 0 Å². The largest absolute Gasteiger partial charge is 0.323 e. The van der Waals surface area contributed by atoms with Crippen LogP contribution in [0.1, 0.15) is 92.9 Å². The van der Waals surface area contributed by atoms with E-state index in [1.807, 2.05) is 13.8 Å². The number of hydrogen-bond donors (Lipinski definition) is 0. The molecule has 0 aromatic heterocycles. The molecule has 10 rings (SSSR count). The summed E-state index contributed by atoms with van der Waals surface area (Å²) in [5.41, 5.74) is -1.21. The van der Waals surface area contributed by atoms with Gasteiger partial charge in [-0.1, -0.05) is 27.7 Å². The topological polar surface area (TPSA) is 83.1 Å². The molecule has 220 valence electrons. The summed E-state index contributed by atoms with van der Waals surface area (Å²) in [4.78, 5) is 24.6. The van der Waals surface area contributed by atoms with Crippen LogP contribution in [0.15, 0.2) is 0 Å². The fourth-order valence-electron chi connectivity index (χ4n) is 10.2. The van der Waals surface area contributed by atoms with Crippen LogP contribution in [0.5, 0.6) is 0 Å². The first-order valence-corrected chi connectivity index (χ1v) is 15.6. The van der Waals surface area contributed by atoms with Crippen molar-refractivity contribution in [2.45, 2.75) is 141 Å². The first kappa shape index (κ1) is 26.3. The lowest BCUT2D eigenvalue weighted by molar-refractivity contribution is -0.590. The normalized spacial score (nSPS) is 63.5. The zero-order chi connectivity index (χ0) is 26.9. The molecule has 4 bridgehead atoms. The molecule has 9 nitrogen and oxygen atoms in total. The smallest absolute Gasteiger partial charge is 0.201 e. The van der Waals surface area contributed by atoms with E-state index in [2.05, 4.69) is 27.7 Å². The van der Waals surface area contributed by atoms with Crippen LogP contribution in [0.25, 0.3) is 0 Å². The molecule has 16 atom stereocenters. The third-order valence-electron chi connectivity index (χ3n) is 12.5. The quantitative estimate of drug-likeness (QED) is 0.419. The molecule has 2 aliphatic carbocycles. The Morgan fingerprint density at radius 2 is 0.974 bits per heavy atom. The molecule has 39 heavy (non-hydrogen) atoms. The van der Waals surface area contributed by atoms with Gasteiger partial charge in [0.15, 0.2) is 36.4 Å². The zero-order valence-corrected chi connectivity index (χ0v) is 24.3. The van der Waals surface area contributed by atoms with Gasteiger partial charge in [0.05, 0.1) is 0 Å². The first-order chi connectivity index (χ1) is 18.6. The minimum absolute atomic E-state index is 0.0836. The van der Waals surface area contributed by atoms with E-state index in [0.29, 0.717) is 23.7 Å². The first-order valence-electron chi connectivity index (χ1n) is 15.6. The predicted molar refractivity (Wildman–Crippen MR) is 135 cm³/mol. The highest BCUT2D eigenvalue weighted by Crippen LogP contribution is 2.63. The summed E-state index contributed by atoms with van der Waals surface area (Å²) in [6, 6.07) is 0. The molecule has 0 unspecified atom stereocenters. The monoisotopic (exact) mass is 550 g/mol. The molecule has 0 amide bonds. The molecular weight excluding hydrogens is 504 g/mol. The Labute approximate surface area is 231 Å². The second kappa shape index (κ2) is 8.60. The lowest BCUT2D eigenvalue weighted by atomic mass is 9.58. The van der Waals surface area contributed by atoms with Crippen molar-refractivity contribution < 1.29 is 43.2 Å². The van der Waals surface area contributed by atoms with Crippen LogP contribution in [0.4, 0.5) is 0 Å². The van der Waals surface area contributed by atoms with Crippen molar-refractivity contribution in [2.75, 3.05) is 0 Å². The summed E-state index contributed by atoms with van der Waals surface area (Å²) in [5.74, 6) is 0.661. The molecule has 2 saturated carbocycles. The van der Waals surface area contributed by atoms with E-state index in [-0.39, 0.29) is 23.7 Å². The Kier molecular flexibility index (Phi) is 5.80. The highest BCUT2D eigenvalue weighted by Gasteiger charge is 2.72. The number of hydrogen-bond acceptors (Lipinski definition) is 9. The fourth-order valence-corrected chi connectivity index (χ4v) is 10.2. The fraction of sp³-hybridized carbons (Fsp3) is 1.00. The SMILES string of the molecule is C[C@H]1[C@H](O[C@H]2O[C@H]3O[C@@]4(C)CC[C@H]5[C@H](C)CC[C@@H]([C@H]2C)[C@@]35OO4)O[C@H]2O[C@@]3(C)CC[C@H]4[C@H](C)CC[C@@H]1[C@@]24OO3. The van der Waals surface area contributed by atoms with Crippen molar-refractivity contribution in [2.24, 2.45) is 47.3 Å². The number of rotatable bonds is 2. The van der Waals surface area contributed by atoms with Crippen molar-refractivity contribution in [3.8, 4) is 0 Å². The summed E-state index contributed by atoms with van der Waals surface area (Å²) in [7, 11) is 0. The summed E-state index contributed by atoms with van der Waals surface area (Å²) in [5, 5.41) is 0. The summed E-state index contributed by atoms with van der Waals surface area (Å²) in [6.07, 6.45) is 5.95. The van der Waals surface area contributed by atoms with Gasteiger partial charge in [-0.15, -0.1) is 0 Å². The van der Waals surface area contributed by atoms with Gasteiger partial charge in [-0.25, -0.2) is 19.6 Å². The minimum atomic E-state index is -0.808. The van der Waals surface area contributed by atoms with E-state index in [0.717, 1.165) is 51.4 Å². The van der Waals surface area contributed by atoms with Crippen LogP contribution in [-0.4, -0.2) is 47.9 Å². The Balaban J connectivity index is 1.09. The molecule has 0 aromatic carbocycles. The third kappa shape index (κ3) is 3.45. The third-order valence-corrected chi connectivity index (χ3v) is 12.5. The molecular formula is C30H46O9. The zero-order valence-electron chi connectivity index (χ0n) is 24.3. The van der Waals surface area contributed by atoms with Crippen molar-refractivity contribution >= 4 is 0 Å². The molecule has 10 fully saturated rings. The lowest BCUT2D eigenvalue weighted by Crippen LogP contribution is -2.72. The molecule has 0 radical (unpaired) electrons. The molecule has 10 aliphatic rings. The van der Waals surface area contributed by atoms with Crippen LogP contribution in [-0.2, 0) is 43.2 Å². The van der Waals surface area contributed by atoms with E-state index in [1.165, 1.54) is 0 Å². The van der Waals surface area contributed by atoms with Gasteiger partial charge in [0, 0.05) is 36.5 Å². The van der Waals surface area contributed by atoms with Crippen molar-refractivity contribution in [3.05, 3.63) is 0 Å². The van der Waals surface area contributed by atoms with Gasteiger partial charge in [0.25, 0.3) is 0 Å². The Hall–Kier alpha value is -0.360.